The largest absolute Gasteiger partial charge is 0.467 e. The zero-order valence-corrected chi connectivity index (χ0v) is 16.8. The third kappa shape index (κ3) is 3.85. The maximum absolute atomic E-state index is 13.0. The molecule has 148 valence electrons. The molecule has 0 spiro atoms. The third-order valence-corrected chi connectivity index (χ3v) is 5.89. The number of nitrogens with zero attached hydrogens (tertiary/aromatic N) is 4. The van der Waals surface area contributed by atoms with Gasteiger partial charge in [0.1, 0.15) is 11.8 Å². The van der Waals surface area contributed by atoms with Gasteiger partial charge in [-0.3, -0.25) is 4.79 Å². The van der Waals surface area contributed by atoms with Gasteiger partial charge in [0.2, 0.25) is 5.89 Å². The first kappa shape index (κ1) is 18.2. The molecular formula is C21H20N4O3S. The molecule has 0 N–H and O–H groups in total. The van der Waals surface area contributed by atoms with Gasteiger partial charge < -0.3 is 8.83 Å². The lowest BCUT2D eigenvalue weighted by Crippen LogP contribution is -2.28. The molecule has 1 amide bonds. The van der Waals surface area contributed by atoms with Crippen LogP contribution in [0.15, 0.2) is 61.8 Å². The Kier molecular flexibility index (Phi) is 4.71. The van der Waals surface area contributed by atoms with Gasteiger partial charge >= 0.3 is 0 Å². The first-order valence-corrected chi connectivity index (χ1v) is 10.6. The third-order valence-electron chi connectivity index (χ3n) is 5.09. The lowest BCUT2D eigenvalue weighted by atomic mass is 10.0. The molecule has 0 bridgehead atoms. The SMILES string of the molecule is Cc1ccc(C2=NN(C(=O)CSc3nnc(C4CC4)o3)C(c3ccco3)C2)cc1. The lowest BCUT2D eigenvalue weighted by Gasteiger charge is -2.19. The highest BCUT2D eigenvalue weighted by Gasteiger charge is 2.35. The number of hydrazone groups is 1. The summed E-state index contributed by atoms with van der Waals surface area (Å²) >= 11 is 1.25. The van der Waals surface area contributed by atoms with Crippen molar-refractivity contribution in [1.29, 1.82) is 0 Å². The summed E-state index contributed by atoms with van der Waals surface area (Å²) in [6.45, 7) is 2.05. The van der Waals surface area contributed by atoms with Crippen molar-refractivity contribution in [2.75, 3.05) is 5.75 Å². The number of thioether (sulfide) groups is 1. The molecule has 7 nitrogen and oxygen atoms in total. The molecule has 0 saturated heterocycles. The highest BCUT2D eigenvalue weighted by Crippen LogP contribution is 2.40. The van der Waals surface area contributed by atoms with E-state index >= 15 is 0 Å². The molecule has 1 aliphatic heterocycles. The molecule has 1 aromatic carbocycles. The fraction of sp³-hybridized carbons (Fsp3) is 0.333. The van der Waals surface area contributed by atoms with Crippen LogP contribution in [0.2, 0.25) is 0 Å². The number of amides is 1. The number of carbonyl (C=O) groups excluding carboxylic acids is 1. The molecule has 1 unspecified atom stereocenters. The van der Waals surface area contributed by atoms with Crippen LogP contribution in [0.4, 0.5) is 0 Å². The van der Waals surface area contributed by atoms with Crippen LogP contribution in [0.25, 0.3) is 0 Å². The molecule has 2 aliphatic rings. The van der Waals surface area contributed by atoms with Gasteiger partial charge in [-0.1, -0.05) is 41.6 Å². The zero-order chi connectivity index (χ0) is 19.8. The predicted molar refractivity (Wildman–Crippen MR) is 108 cm³/mol. The van der Waals surface area contributed by atoms with Gasteiger partial charge in [0, 0.05) is 12.3 Å². The predicted octanol–water partition coefficient (Wildman–Crippen LogP) is 4.32. The van der Waals surface area contributed by atoms with Crippen LogP contribution in [0.1, 0.15) is 54.0 Å². The zero-order valence-electron chi connectivity index (χ0n) is 15.9. The summed E-state index contributed by atoms with van der Waals surface area (Å²) in [4.78, 5) is 13.0. The van der Waals surface area contributed by atoms with Crippen LogP contribution in [-0.2, 0) is 4.79 Å². The molecule has 0 radical (unpaired) electrons. The van der Waals surface area contributed by atoms with Crippen LogP contribution in [0, 0.1) is 6.92 Å². The second-order valence-electron chi connectivity index (χ2n) is 7.36. The van der Waals surface area contributed by atoms with Crippen molar-refractivity contribution in [3.05, 3.63) is 65.4 Å². The van der Waals surface area contributed by atoms with Crippen LogP contribution in [0.3, 0.4) is 0 Å². The minimum atomic E-state index is -0.251. The molecule has 2 aromatic heterocycles. The maximum atomic E-state index is 13.0. The van der Waals surface area contributed by atoms with E-state index in [1.165, 1.54) is 22.3 Å². The number of hydrogen-bond acceptors (Lipinski definition) is 7. The Morgan fingerprint density at radius 3 is 2.76 bits per heavy atom. The van der Waals surface area contributed by atoms with Crippen molar-refractivity contribution >= 4 is 23.4 Å². The molecule has 1 saturated carbocycles. The van der Waals surface area contributed by atoms with Crippen LogP contribution >= 0.6 is 11.8 Å². The Morgan fingerprint density at radius 2 is 2.03 bits per heavy atom. The van der Waals surface area contributed by atoms with E-state index < -0.39 is 0 Å². The Balaban J connectivity index is 1.33. The summed E-state index contributed by atoms with van der Waals surface area (Å²) in [5, 5.41) is 14.7. The van der Waals surface area contributed by atoms with E-state index in [1.807, 2.05) is 43.3 Å². The number of aromatic nitrogens is 2. The summed E-state index contributed by atoms with van der Waals surface area (Å²) in [5.74, 6) is 1.85. The number of hydrogen-bond donors (Lipinski definition) is 0. The van der Waals surface area contributed by atoms with Gasteiger partial charge in [0.05, 0.1) is 17.7 Å². The molecule has 1 atom stereocenters. The molecular weight excluding hydrogens is 388 g/mol. The molecule has 3 heterocycles. The van der Waals surface area contributed by atoms with Gasteiger partial charge in [-0.2, -0.15) is 5.10 Å². The first-order valence-electron chi connectivity index (χ1n) is 9.63. The summed E-state index contributed by atoms with van der Waals surface area (Å²) in [7, 11) is 0. The number of furan rings is 1. The van der Waals surface area contributed by atoms with E-state index in [0.717, 1.165) is 29.9 Å². The van der Waals surface area contributed by atoms with Crippen molar-refractivity contribution in [3.63, 3.8) is 0 Å². The second kappa shape index (κ2) is 7.51. The molecule has 8 heteroatoms. The Hall–Kier alpha value is -2.87. The van der Waals surface area contributed by atoms with E-state index in [9.17, 15) is 4.79 Å². The van der Waals surface area contributed by atoms with Crippen LogP contribution in [0.5, 0.6) is 0 Å². The van der Waals surface area contributed by atoms with Crippen molar-refractivity contribution in [1.82, 2.24) is 15.2 Å². The fourth-order valence-electron chi connectivity index (χ4n) is 3.33. The summed E-state index contributed by atoms with van der Waals surface area (Å²) in [6.07, 6.45) is 4.43. The Morgan fingerprint density at radius 1 is 1.21 bits per heavy atom. The first-order chi connectivity index (χ1) is 14.2. The minimum Gasteiger partial charge on any atom is -0.467 e. The summed E-state index contributed by atoms with van der Waals surface area (Å²) in [6, 6.07) is 11.6. The van der Waals surface area contributed by atoms with Gasteiger partial charge in [-0.15, -0.1) is 10.2 Å². The van der Waals surface area contributed by atoms with Gasteiger partial charge in [0.15, 0.2) is 0 Å². The highest BCUT2D eigenvalue weighted by molar-refractivity contribution is 7.99. The number of carbonyl (C=O) groups is 1. The molecule has 3 aromatic rings. The quantitative estimate of drug-likeness (QED) is 0.565. The van der Waals surface area contributed by atoms with Gasteiger partial charge in [0.25, 0.3) is 11.1 Å². The average Bonchev–Trinajstić information content (AvgIpc) is 3.16. The topological polar surface area (TPSA) is 84.7 Å². The standard InChI is InChI=1S/C21H20N4O3S/c1-13-4-6-14(7-5-13)16-11-17(18-3-2-10-27-18)25(24-16)19(26)12-29-21-23-22-20(28-21)15-8-9-15/h2-7,10,15,17H,8-9,11-12H2,1H3. The van der Waals surface area contributed by atoms with E-state index in [0.29, 0.717) is 23.5 Å². The molecule has 29 heavy (non-hydrogen) atoms. The van der Waals surface area contributed by atoms with E-state index in [-0.39, 0.29) is 17.7 Å². The smallest absolute Gasteiger partial charge is 0.277 e. The Bertz CT molecular complexity index is 1040. The van der Waals surface area contributed by atoms with Crippen molar-refractivity contribution in [3.8, 4) is 0 Å². The van der Waals surface area contributed by atoms with Crippen molar-refractivity contribution < 1.29 is 13.6 Å². The molecule has 1 fully saturated rings. The monoisotopic (exact) mass is 408 g/mol. The van der Waals surface area contributed by atoms with Crippen LogP contribution in [-0.4, -0.2) is 32.6 Å². The average molecular weight is 408 g/mol. The normalized spacial score (nSPS) is 18.9. The Labute approximate surface area is 172 Å². The molecule has 5 rings (SSSR count). The number of aryl methyl sites for hydroxylation is 1. The second-order valence-corrected chi connectivity index (χ2v) is 8.28. The maximum Gasteiger partial charge on any atom is 0.277 e. The van der Waals surface area contributed by atoms with Crippen molar-refractivity contribution in [2.45, 2.75) is 43.4 Å². The number of benzene rings is 1. The van der Waals surface area contributed by atoms with Gasteiger partial charge in [-0.05, 0) is 37.5 Å². The number of rotatable bonds is 6. The summed E-state index contributed by atoms with van der Waals surface area (Å²) < 4.78 is 11.2. The van der Waals surface area contributed by atoms with Gasteiger partial charge in [-0.25, -0.2) is 5.01 Å². The van der Waals surface area contributed by atoms with Crippen LogP contribution < -0.4 is 0 Å². The van der Waals surface area contributed by atoms with Crippen molar-refractivity contribution in [2.24, 2.45) is 5.10 Å². The summed E-state index contributed by atoms with van der Waals surface area (Å²) in [5.41, 5.74) is 3.07. The highest BCUT2D eigenvalue weighted by atomic mass is 32.2. The van der Waals surface area contributed by atoms with E-state index in [1.54, 1.807) is 6.26 Å². The fourth-order valence-corrected chi connectivity index (χ4v) is 3.95. The minimum absolute atomic E-state index is 0.121. The lowest BCUT2D eigenvalue weighted by molar-refractivity contribution is -0.130. The van der Waals surface area contributed by atoms with E-state index in [2.05, 4.69) is 15.3 Å². The molecule has 1 aliphatic carbocycles. The van der Waals surface area contributed by atoms with E-state index in [4.69, 9.17) is 8.83 Å².